The molecule has 0 fully saturated rings. The van der Waals surface area contributed by atoms with Gasteiger partial charge in [-0.05, 0) is 0 Å². The maximum atomic E-state index is 11.5. The Morgan fingerprint density at radius 1 is 1.00 bits per heavy atom. The van der Waals surface area contributed by atoms with Gasteiger partial charge in [-0.1, -0.05) is 0 Å². The molecule has 1 atom stereocenters. The predicted octanol–water partition coefficient (Wildman–Crippen LogP) is 0.830. The summed E-state index contributed by atoms with van der Waals surface area (Å²) in [6.45, 7) is 0. The van der Waals surface area contributed by atoms with E-state index in [1.807, 2.05) is 0 Å². The number of hydrogen-bond acceptors (Lipinski definition) is 5. The molecule has 0 radical (unpaired) electrons. The molecule has 0 aliphatic heterocycles. The van der Waals surface area contributed by atoms with Crippen LogP contribution in [0.2, 0.25) is 0 Å². The quantitative estimate of drug-likeness (QED) is 0.606. The Bertz CT molecular complexity index is 298. The molecular weight excluding hydrogens is 264 g/mol. The Hall–Kier alpha value is -1.52. The number of rotatable bonds is 3. The van der Waals surface area contributed by atoms with Crippen molar-refractivity contribution in [3.05, 3.63) is 0 Å². The molecule has 0 heterocycles. The van der Waals surface area contributed by atoms with E-state index in [1.54, 1.807) is 0 Å². The molecule has 0 aromatic rings. The Labute approximate surface area is 89.4 Å². The fourth-order valence-electron chi connectivity index (χ4n) is 0.623. The summed E-state index contributed by atoms with van der Waals surface area (Å²) >= 11 is 0. The first-order valence-electron chi connectivity index (χ1n) is 3.74. The molecule has 100 valence electrons. The first-order valence-corrected chi connectivity index (χ1v) is 3.74. The van der Waals surface area contributed by atoms with E-state index in [0.717, 1.165) is 0 Å². The van der Waals surface area contributed by atoms with Gasteiger partial charge in [-0.2, -0.15) is 0 Å². The van der Waals surface area contributed by atoms with Crippen LogP contribution in [0.3, 0.4) is 0 Å². The van der Waals surface area contributed by atoms with E-state index < -0.39 is 37.1 Å². The van der Waals surface area contributed by atoms with E-state index in [9.17, 15) is 35.9 Å². The average molecular weight is 269 g/mol. The molecule has 0 aliphatic carbocycles. The zero-order chi connectivity index (χ0) is 13.9. The molecular formula is C6H5F6NO4. The fraction of sp³-hybridized carbons (Fsp3) is 0.667. The maximum Gasteiger partial charge on any atom is 0.575 e. The highest BCUT2D eigenvalue weighted by Crippen LogP contribution is 2.19. The third-order valence-electron chi connectivity index (χ3n) is 1.14. The number of nitrogens with two attached hydrogens (primary N) is 1. The molecule has 0 aliphatic rings. The highest BCUT2D eigenvalue weighted by Gasteiger charge is 2.38. The lowest BCUT2D eigenvalue weighted by atomic mass is 10.2. The van der Waals surface area contributed by atoms with E-state index >= 15 is 0 Å². The second kappa shape index (κ2) is 5.21. The summed E-state index contributed by atoms with van der Waals surface area (Å²) in [5.74, 6) is -4.08. The molecule has 0 amide bonds. The van der Waals surface area contributed by atoms with E-state index in [2.05, 4.69) is 9.47 Å². The van der Waals surface area contributed by atoms with Crippen LogP contribution in [0, 0.1) is 0 Å². The number of carbonyl (C=O) groups is 2. The first-order chi connectivity index (χ1) is 7.41. The molecule has 2 N–H and O–H groups in total. The highest BCUT2D eigenvalue weighted by atomic mass is 19.4. The van der Waals surface area contributed by atoms with Crippen LogP contribution in [0.5, 0.6) is 0 Å². The summed E-state index contributed by atoms with van der Waals surface area (Å²) in [6, 6.07) is -2.20. The minimum absolute atomic E-state index is 1.39. The van der Waals surface area contributed by atoms with Gasteiger partial charge in [0, 0.05) is 0 Å². The monoisotopic (exact) mass is 269 g/mol. The van der Waals surface area contributed by atoms with E-state index in [-0.39, 0.29) is 0 Å². The van der Waals surface area contributed by atoms with Gasteiger partial charge in [-0.15, -0.1) is 26.3 Å². The number of ether oxygens (including phenoxy) is 2. The summed E-state index contributed by atoms with van der Waals surface area (Å²) in [5.41, 5.74) is 4.70. The number of halogens is 6. The summed E-state index contributed by atoms with van der Waals surface area (Å²) in [5, 5.41) is 0. The Kier molecular flexibility index (Phi) is 4.74. The van der Waals surface area contributed by atoms with Crippen LogP contribution in [0.25, 0.3) is 0 Å². The van der Waals surface area contributed by atoms with Crippen molar-refractivity contribution in [2.75, 3.05) is 0 Å². The third kappa shape index (κ3) is 8.30. The molecule has 0 aromatic carbocycles. The van der Waals surface area contributed by atoms with Crippen molar-refractivity contribution in [1.82, 2.24) is 0 Å². The summed E-state index contributed by atoms with van der Waals surface area (Å²) in [7, 11) is 0. The van der Waals surface area contributed by atoms with E-state index in [1.165, 1.54) is 0 Å². The Balaban J connectivity index is 4.22. The van der Waals surface area contributed by atoms with E-state index in [0.29, 0.717) is 0 Å². The van der Waals surface area contributed by atoms with Crippen LogP contribution in [0.4, 0.5) is 26.3 Å². The van der Waals surface area contributed by atoms with Crippen molar-refractivity contribution in [3.63, 3.8) is 0 Å². The lowest BCUT2D eigenvalue weighted by molar-refractivity contribution is -0.310. The molecule has 0 unspecified atom stereocenters. The molecule has 17 heavy (non-hydrogen) atoms. The smallest absolute Gasteiger partial charge is 0.373 e. The van der Waals surface area contributed by atoms with Gasteiger partial charge < -0.3 is 15.2 Å². The van der Waals surface area contributed by atoms with Crippen molar-refractivity contribution in [1.29, 1.82) is 0 Å². The van der Waals surface area contributed by atoms with Crippen LogP contribution < -0.4 is 5.73 Å². The van der Waals surface area contributed by atoms with Gasteiger partial charge >= 0.3 is 24.7 Å². The van der Waals surface area contributed by atoms with Crippen LogP contribution in [-0.4, -0.2) is 30.7 Å². The second-order valence-electron chi connectivity index (χ2n) is 2.60. The first kappa shape index (κ1) is 15.5. The normalized spacial score (nSPS) is 14.1. The molecule has 0 saturated carbocycles. The van der Waals surface area contributed by atoms with Crippen molar-refractivity contribution in [2.24, 2.45) is 5.73 Å². The standard InChI is InChI=1S/C6H5F6NO4/c7-5(8,9)16-3(14)1-2(13)4(15)17-6(10,11)12/h2H,1,13H2/t2-/m0/s1. The second-order valence-corrected chi connectivity index (χ2v) is 2.60. The van der Waals surface area contributed by atoms with Crippen molar-refractivity contribution >= 4 is 11.9 Å². The van der Waals surface area contributed by atoms with Gasteiger partial charge in [-0.3, -0.25) is 9.59 Å². The topological polar surface area (TPSA) is 78.6 Å². The third-order valence-corrected chi connectivity index (χ3v) is 1.14. The minimum Gasteiger partial charge on any atom is -0.373 e. The van der Waals surface area contributed by atoms with Gasteiger partial charge in [0.05, 0.1) is 6.42 Å². The molecule has 0 bridgehead atoms. The van der Waals surface area contributed by atoms with Crippen LogP contribution in [-0.2, 0) is 19.1 Å². The van der Waals surface area contributed by atoms with Gasteiger partial charge in [0.2, 0.25) is 0 Å². The van der Waals surface area contributed by atoms with Gasteiger partial charge in [0.1, 0.15) is 6.04 Å². The zero-order valence-electron chi connectivity index (χ0n) is 7.76. The molecule has 5 nitrogen and oxygen atoms in total. The molecule has 0 spiro atoms. The summed E-state index contributed by atoms with van der Waals surface area (Å²) in [6.07, 6.45) is -12.0. The van der Waals surface area contributed by atoms with E-state index in [4.69, 9.17) is 5.73 Å². The summed E-state index contributed by atoms with van der Waals surface area (Å²) < 4.78 is 74.3. The van der Waals surface area contributed by atoms with Crippen molar-refractivity contribution in [3.8, 4) is 0 Å². The maximum absolute atomic E-state index is 11.5. The number of esters is 2. The largest absolute Gasteiger partial charge is 0.575 e. The van der Waals surface area contributed by atoms with Crippen LogP contribution in [0.15, 0.2) is 0 Å². The molecule has 0 rings (SSSR count). The van der Waals surface area contributed by atoms with Gasteiger partial charge in [0.25, 0.3) is 0 Å². The zero-order valence-corrected chi connectivity index (χ0v) is 7.76. The molecule has 11 heteroatoms. The van der Waals surface area contributed by atoms with Gasteiger partial charge in [-0.25, -0.2) is 0 Å². The SMILES string of the molecule is N[C@@H](CC(=O)OC(F)(F)F)C(=O)OC(F)(F)F. The lowest BCUT2D eigenvalue weighted by Gasteiger charge is -2.13. The Morgan fingerprint density at radius 3 is 1.76 bits per heavy atom. The summed E-state index contributed by atoms with van der Waals surface area (Å²) in [4.78, 5) is 20.9. The minimum atomic E-state index is -5.33. The van der Waals surface area contributed by atoms with Crippen LogP contribution in [0.1, 0.15) is 6.42 Å². The molecule has 0 aromatic heterocycles. The van der Waals surface area contributed by atoms with Gasteiger partial charge in [0.15, 0.2) is 0 Å². The fourth-order valence-corrected chi connectivity index (χ4v) is 0.623. The highest BCUT2D eigenvalue weighted by molar-refractivity contribution is 5.82. The average Bonchev–Trinajstić information content (AvgIpc) is 1.95. The van der Waals surface area contributed by atoms with Crippen molar-refractivity contribution in [2.45, 2.75) is 25.2 Å². The molecule has 0 saturated heterocycles. The number of carbonyl (C=O) groups excluding carboxylic acids is 2. The Morgan fingerprint density at radius 2 is 1.41 bits per heavy atom. The number of alkyl halides is 6. The van der Waals surface area contributed by atoms with Crippen molar-refractivity contribution < 1.29 is 45.4 Å². The van der Waals surface area contributed by atoms with Crippen LogP contribution >= 0.6 is 0 Å². The predicted molar refractivity (Wildman–Crippen MR) is 36.9 cm³/mol. The lowest BCUT2D eigenvalue weighted by Crippen LogP contribution is -2.38. The number of hydrogen-bond donors (Lipinski definition) is 1.